The quantitative estimate of drug-likeness (QED) is 0.750. The van der Waals surface area contributed by atoms with Gasteiger partial charge in [-0.15, -0.1) is 0 Å². The van der Waals surface area contributed by atoms with Gasteiger partial charge in [0.05, 0.1) is 21.9 Å². The number of amides is 1. The molecule has 3 rings (SSSR count). The first-order valence-electron chi connectivity index (χ1n) is 6.68. The van der Waals surface area contributed by atoms with Crippen molar-refractivity contribution in [2.45, 2.75) is 6.54 Å². The Bertz CT molecular complexity index is 988. The van der Waals surface area contributed by atoms with E-state index < -0.39 is 5.91 Å². The number of carbonyl (C=O) groups excluding carboxylic acids is 1. The highest BCUT2D eigenvalue weighted by molar-refractivity contribution is 6.42. The molecule has 1 N–H and O–H groups in total. The molecule has 0 spiro atoms. The van der Waals surface area contributed by atoms with E-state index in [9.17, 15) is 9.59 Å². The van der Waals surface area contributed by atoms with Gasteiger partial charge in [-0.3, -0.25) is 18.8 Å². The van der Waals surface area contributed by atoms with Gasteiger partial charge in [0, 0.05) is 12.1 Å². The molecule has 0 atom stereocenters. The number of halogens is 3. The molecule has 0 unspecified atom stereocenters. The number of hydrogen-bond donors (Lipinski definition) is 1. The molecule has 0 fully saturated rings. The number of benzene rings is 1. The molecule has 3 aromatic rings. The molecule has 24 heavy (non-hydrogen) atoms. The van der Waals surface area contributed by atoms with Crippen molar-refractivity contribution in [3.63, 3.8) is 0 Å². The van der Waals surface area contributed by atoms with Gasteiger partial charge in [0.25, 0.3) is 5.56 Å². The van der Waals surface area contributed by atoms with Crippen molar-refractivity contribution < 1.29 is 4.79 Å². The molecule has 124 valence electrons. The molecule has 2 heterocycles. The Morgan fingerprint density at radius 2 is 1.92 bits per heavy atom. The fourth-order valence-corrected chi connectivity index (χ4v) is 3.09. The van der Waals surface area contributed by atoms with Gasteiger partial charge in [0.1, 0.15) is 18.3 Å². The van der Waals surface area contributed by atoms with Crippen LogP contribution in [-0.2, 0) is 18.4 Å². The van der Waals surface area contributed by atoms with Gasteiger partial charge in [0.15, 0.2) is 5.65 Å². The SMILES string of the molecule is Cn1ncc2c(=O)n(CC(=O)Nc3c(Cl)cc(Cl)cc3Cl)cnc21. The molecule has 0 bridgehead atoms. The summed E-state index contributed by atoms with van der Waals surface area (Å²) in [5.74, 6) is -0.478. The molecule has 1 amide bonds. The third kappa shape index (κ3) is 3.10. The van der Waals surface area contributed by atoms with Crippen molar-refractivity contribution >= 4 is 57.4 Å². The molecule has 0 aliphatic heterocycles. The summed E-state index contributed by atoms with van der Waals surface area (Å²) in [6.07, 6.45) is 2.70. The molecule has 0 aliphatic rings. The van der Waals surface area contributed by atoms with Crippen LogP contribution in [0.15, 0.2) is 29.5 Å². The lowest BCUT2D eigenvalue weighted by Crippen LogP contribution is -2.28. The van der Waals surface area contributed by atoms with E-state index in [0.29, 0.717) is 16.1 Å². The smallest absolute Gasteiger partial charge is 0.264 e. The second-order valence-corrected chi connectivity index (χ2v) is 6.23. The Balaban J connectivity index is 1.86. The lowest BCUT2D eigenvalue weighted by molar-refractivity contribution is -0.116. The number of rotatable bonds is 3. The zero-order valence-corrected chi connectivity index (χ0v) is 14.5. The molecule has 10 heteroatoms. The first-order valence-corrected chi connectivity index (χ1v) is 7.81. The number of nitrogens with zero attached hydrogens (tertiary/aromatic N) is 4. The Kier molecular flexibility index (Phi) is 4.49. The third-order valence-corrected chi connectivity index (χ3v) is 4.12. The number of carbonyl (C=O) groups is 1. The summed E-state index contributed by atoms with van der Waals surface area (Å²) in [6.45, 7) is -0.244. The highest BCUT2D eigenvalue weighted by atomic mass is 35.5. The summed E-state index contributed by atoms with van der Waals surface area (Å²) >= 11 is 17.9. The fraction of sp³-hybridized carbons (Fsp3) is 0.143. The average molecular weight is 387 g/mol. The third-order valence-electron chi connectivity index (χ3n) is 3.30. The van der Waals surface area contributed by atoms with Crippen molar-refractivity contribution in [2.75, 3.05) is 5.32 Å². The molecule has 0 radical (unpaired) electrons. The van der Waals surface area contributed by atoms with Gasteiger partial charge in [0.2, 0.25) is 5.91 Å². The van der Waals surface area contributed by atoms with E-state index in [1.807, 2.05) is 0 Å². The predicted molar refractivity (Wildman–Crippen MR) is 92.9 cm³/mol. The second-order valence-electron chi connectivity index (χ2n) is 4.98. The topological polar surface area (TPSA) is 81.8 Å². The Labute approximate surface area is 150 Å². The monoisotopic (exact) mass is 385 g/mol. The zero-order chi connectivity index (χ0) is 17.4. The minimum atomic E-state index is -0.478. The second kappa shape index (κ2) is 6.43. The van der Waals surface area contributed by atoms with Crippen LogP contribution in [0.5, 0.6) is 0 Å². The highest BCUT2D eigenvalue weighted by Gasteiger charge is 2.14. The highest BCUT2D eigenvalue weighted by Crippen LogP contribution is 2.33. The number of nitrogens with one attached hydrogen (secondary N) is 1. The van der Waals surface area contributed by atoms with Crippen molar-refractivity contribution in [3.05, 3.63) is 50.1 Å². The molecule has 0 saturated carbocycles. The number of anilines is 1. The molecule has 7 nitrogen and oxygen atoms in total. The molecule has 0 saturated heterocycles. The number of aromatic nitrogens is 4. The summed E-state index contributed by atoms with van der Waals surface area (Å²) in [7, 11) is 1.68. The minimum absolute atomic E-state index is 0.203. The normalized spacial score (nSPS) is 11.0. The maximum atomic E-state index is 12.3. The van der Waals surface area contributed by atoms with E-state index in [4.69, 9.17) is 34.8 Å². The summed E-state index contributed by atoms with van der Waals surface area (Å²) in [4.78, 5) is 28.6. The van der Waals surface area contributed by atoms with Gasteiger partial charge in [-0.1, -0.05) is 34.8 Å². The number of aryl methyl sites for hydroxylation is 1. The summed E-state index contributed by atoms with van der Waals surface area (Å²) < 4.78 is 2.66. The Morgan fingerprint density at radius 1 is 1.25 bits per heavy atom. The minimum Gasteiger partial charge on any atom is -0.322 e. The predicted octanol–water partition coefficient (Wildman–Crippen LogP) is 2.73. The Hall–Kier alpha value is -2.09. The van der Waals surface area contributed by atoms with Crippen LogP contribution < -0.4 is 10.9 Å². The molecular formula is C14H10Cl3N5O2. The first-order chi connectivity index (χ1) is 11.4. The van der Waals surface area contributed by atoms with Gasteiger partial charge >= 0.3 is 0 Å². The largest absolute Gasteiger partial charge is 0.322 e. The van der Waals surface area contributed by atoms with Gasteiger partial charge in [-0.25, -0.2) is 4.98 Å². The lowest BCUT2D eigenvalue weighted by atomic mass is 10.3. The molecular weight excluding hydrogens is 377 g/mol. The van der Waals surface area contributed by atoms with Crippen LogP contribution in [0.3, 0.4) is 0 Å². The molecule has 1 aromatic carbocycles. The van der Waals surface area contributed by atoms with E-state index >= 15 is 0 Å². The van der Waals surface area contributed by atoms with Crippen LogP contribution in [0.1, 0.15) is 0 Å². The van der Waals surface area contributed by atoms with Crippen LogP contribution in [0.2, 0.25) is 15.1 Å². The number of fused-ring (bicyclic) bond motifs is 1. The van der Waals surface area contributed by atoms with Crippen LogP contribution in [-0.4, -0.2) is 25.2 Å². The van der Waals surface area contributed by atoms with Crippen LogP contribution in [0.25, 0.3) is 11.0 Å². The maximum absolute atomic E-state index is 12.3. The Morgan fingerprint density at radius 3 is 2.58 bits per heavy atom. The maximum Gasteiger partial charge on any atom is 0.264 e. The summed E-state index contributed by atoms with van der Waals surface area (Å²) in [5.41, 5.74) is 0.313. The van der Waals surface area contributed by atoms with Crippen LogP contribution in [0, 0.1) is 0 Å². The van der Waals surface area contributed by atoms with Crippen LogP contribution >= 0.6 is 34.8 Å². The fourth-order valence-electron chi connectivity index (χ4n) is 2.17. The molecule has 0 aliphatic carbocycles. The van der Waals surface area contributed by atoms with E-state index in [2.05, 4.69) is 15.4 Å². The van der Waals surface area contributed by atoms with E-state index in [0.717, 1.165) is 0 Å². The number of hydrogen-bond acceptors (Lipinski definition) is 4. The van der Waals surface area contributed by atoms with Crippen molar-refractivity contribution in [2.24, 2.45) is 7.05 Å². The van der Waals surface area contributed by atoms with Crippen molar-refractivity contribution in [1.82, 2.24) is 19.3 Å². The standard InChI is InChI=1S/C14H10Cl3N5O2/c1-21-13-8(4-19-21)14(24)22(6-18-13)5-11(23)20-12-9(16)2-7(15)3-10(12)17/h2-4,6H,5H2,1H3,(H,20,23). The van der Waals surface area contributed by atoms with Crippen molar-refractivity contribution in [3.8, 4) is 0 Å². The van der Waals surface area contributed by atoms with Gasteiger partial charge in [-0.2, -0.15) is 5.10 Å². The van der Waals surface area contributed by atoms with Gasteiger partial charge in [-0.05, 0) is 12.1 Å². The average Bonchev–Trinajstić information content (AvgIpc) is 2.88. The van der Waals surface area contributed by atoms with Crippen molar-refractivity contribution in [1.29, 1.82) is 0 Å². The van der Waals surface area contributed by atoms with Gasteiger partial charge < -0.3 is 5.32 Å². The summed E-state index contributed by atoms with van der Waals surface area (Å²) in [5, 5.41) is 7.62. The first kappa shape index (κ1) is 16.8. The van der Waals surface area contributed by atoms with Crippen LogP contribution in [0.4, 0.5) is 5.69 Å². The molecule has 2 aromatic heterocycles. The lowest BCUT2D eigenvalue weighted by Gasteiger charge is -2.10. The van der Waals surface area contributed by atoms with E-state index in [1.165, 1.54) is 33.9 Å². The van der Waals surface area contributed by atoms with E-state index in [1.54, 1.807) is 7.05 Å². The summed E-state index contributed by atoms with van der Waals surface area (Å²) in [6, 6.07) is 2.92. The zero-order valence-electron chi connectivity index (χ0n) is 12.3. The van der Waals surface area contributed by atoms with E-state index in [-0.39, 0.29) is 27.8 Å².